The molecule has 0 spiro atoms. The summed E-state index contributed by atoms with van der Waals surface area (Å²) < 4.78 is 5.76. The molecular weight excluding hydrogens is 304 g/mol. The average Bonchev–Trinajstić information content (AvgIpc) is 2.60. The van der Waals surface area contributed by atoms with Crippen molar-refractivity contribution in [3.8, 4) is 5.75 Å². The number of hydrogen-bond acceptors (Lipinski definition) is 4. The minimum Gasteiger partial charge on any atom is -0.493 e. The van der Waals surface area contributed by atoms with Gasteiger partial charge in [0.05, 0.1) is 6.61 Å². The smallest absolute Gasteiger partial charge is 0.303 e. The zero-order chi connectivity index (χ0) is 17.4. The van der Waals surface area contributed by atoms with E-state index in [9.17, 15) is 4.79 Å². The number of nitrogens with zero attached hydrogens (tertiary/aromatic N) is 1. The second-order valence-electron chi connectivity index (χ2n) is 5.77. The van der Waals surface area contributed by atoms with E-state index in [1.165, 1.54) is 0 Å². The number of carboxylic acid groups (broad SMARTS) is 1. The Morgan fingerprint density at radius 1 is 1.25 bits per heavy atom. The van der Waals surface area contributed by atoms with E-state index in [0.29, 0.717) is 13.0 Å². The molecule has 1 aromatic heterocycles. The Labute approximate surface area is 142 Å². The number of aliphatic carboxylic acids is 1. The highest BCUT2D eigenvalue weighted by molar-refractivity contribution is 5.66. The van der Waals surface area contributed by atoms with Crippen LogP contribution in [0.2, 0.25) is 0 Å². The number of carboxylic acids is 1. The van der Waals surface area contributed by atoms with Crippen molar-refractivity contribution in [1.82, 2.24) is 4.98 Å². The SMILES string of the molecule is CNc1cccc(CCOc2ccc(C(C)CCC(=O)O)cc2)n1. The van der Waals surface area contributed by atoms with Gasteiger partial charge < -0.3 is 15.2 Å². The van der Waals surface area contributed by atoms with E-state index in [2.05, 4.69) is 10.3 Å². The summed E-state index contributed by atoms with van der Waals surface area (Å²) in [6.07, 6.45) is 1.58. The van der Waals surface area contributed by atoms with Gasteiger partial charge in [0.1, 0.15) is 11.6 Å². The lowest BCUT2D eigenvalue weighted by Crippen LogP contribution is -2.04. The van der Waals surface area contributed by atoms with Gasteiger partial charge >= 0.3 is 5.97 Å². The summed E-state index contributed by atoms with van der Waals surface area (Å²) >= 11 is 0. The van der Waals surface area contributed by atoms with E-state index in [1.807, 2.05) is 56.4 Å². The molecule has 0 saturated heterocycles. The molecule has 24 heavy (non-hydrogen) atoms. The van der Waals surface area contributed by atoms with Crippen LogP contribution in [0, 0.1) is 0 Å². The molecule has 0 aliphatic rings. The van der Waals surface area contributed by atoms with Gasteiger partial charge in [0.25, 0.3) is 0 Å². The van der Waals surface area contributed by atoms with Crippen molar-refractivity contribution in [2.45, 2.75) is 32.1 Å². The van der Waals surface area contributed by atoms with E-state index in [0.717, 1.165) is 29.2 Å². The topological polar surface area (TPSA) is 71.5 Å². The molecule has 0 aliphatic heterocycles. The van der Waals surface area contributed by atoms with E-state index >= 15 is 0 Å². The summed E-state index contributed by atoms with van der Waals surface area (Å²) in [5.41, 5.74) is 2.12. The Morgan fingerprint density at radius 2 is 2.00 bits per heavy atom. The molecule has 1 atom stereocenters. The molecule has 2 rings (SSSR count). The average molecular weight is 328 g/mol. The van der Waals surface area contributed by atoms with Crippen LogP contribution >= 0.6 is 0 Å². The first kappa shape index (κ1) is 17.8. The van der Waals surface area contributed by atoms with Crippen LogP contribution < -0.4 is 10.1 Å². The summed E-state index contributed by atoms with van der Waals surface area (Å²) in [6.45, 7) is 2.60. The lowest BCUT2D eigenvalue weighted by molar-refractivity contribution is -0.137. The molecule has 128 valence electrons. The van der Waals surface area contributed by atoms with Crippen LogP contribution in [0.5, 0.6) is 5.75 Å². The van der Waals surface area contributed by atoms with Crippen molar-refractivity contribution in [2.24, 2.45) is 0 Å². The van der Waals surface area contributed by atoms with Crippen LogP contribution in [0.25, 0.3) is 0 Å². The number of carbonyl (C=O) groups is 1. The summed E-state index contributed by atoms with van der Waals surface area (Å²) in [6, 6.07) is 13.8. The van der Waals surface area contributed by atoms with Gasteiger partial charge in [0.15, 0.2) is 0 Å². The summed E-state index contributed by atoms with van der Waals surface area (Å²) in [4.78, 5) is 15.1. The molecule has 1 aromatic carbocycles. The number of rotatable bonds is 9. The first-order chi connectivity index (χ1) is 11.6. The molecule has 0 fully saturated rings. The number of hydrogen-bond donors (Lipinski definition) is 2. The standard InChI is InChI=1S/C19H24N2O3/c1-14(6-11-19(22)23)15-7-9-17(10-8-15)24-13-12-16-4-3-5-18(20-2)21-16/h3-5,7-10,14H,6,11-13H2,1-2H3,(H,20,21)(H,22,23). The Morgan fingerprint density at radius 3 is 2.67 bits per heavy atom. The number of benzene rings is 1. The van der Waals surface area contributed by atoms with Crippen molar-refractivity contribution in [3.05, 3.63) is 53.7 Å². The molecule has 1 heterocycles. The van der Waals surface area contributed by atoms with Gasteiger partial charge in [-0.15, -0.1) is 0 Å². The molecule has 2 N–H and O–H groups in total. The van der Waals surface area contributed by atoms with Gasteiger partial charge in [-0.3, -0.25) is 4.79 Å². The van der Waals surface area contributed by atoms with E-state index in [4.69, 9.17) is 9.84 Å². The van der Waals surface area contributed by atoms with Gasteiger partial charge in [-0.05, 0) is 42.2 Å². The van der Waals surface area contributed by atoms with Crippen molar-refractivity contribution in [1.29, 1.82) is 0 Å². The normalized spacial score (nSPS) is 11.8. The number of anilines is 1. The van der Waals surface area contributed by atoms with Crippen molar-refractivity contribution >= 4 is 11.8 Å². The zero-order valence-electron chi connectivity index (χ0n) is 14.2. The van der Waals surface area contributed by atoms with Crippen molar-refractivity contribution in [3.63, 3.8) is 0 Å². The molecule has 0 amide bonds. The molecule has 2 aromatic rings. The second-order valence-corrected chi connectivity index (χ2v) is 5.77. The van der Waals surface area contributed by atoms with Crippen LogP contribution in [0.4, 0.5) is 5.82 Å². The molecular formula is C19H24N2O3. The molecule has 5 heteroatoms. The van der Waals surface area contributed by atoms with Gasteiger partial charge in [-0.1, -0.05) is 25.1 Å². The summed E-state index contributed by atoms with van der Waals surface area (Å²) in [7, 11) is 1.85. The molecule has 0 aliphatic carbocycles. The number of pyridine rings is 1. The van der Waals surface area contributed by atoms with Gasteiger partial charge in [0, 0.05) is 25.6 Å². The lowest BCUT2D eigenvalue weighted by atomic mass is 9.96. The third kappa shape index (κ3) is 5.57. The monoisotopic (exact) mass is 328 g/mol. The predicted octanol–water partition coefficient (Wildman–Crippen LogP) is 3.71. The quantitative estimate of drug-likeness (QED) is 0.734. The molecule has 0 radical (unpaired) electrons. The fourth-order valence-electron chi connectivity index (χ4n) is 2.43. The highest BCUT2D eigenvalue weighted by Gasteiger charge is 2.08. The first-order valence-electron chi connectivity index (χ1n) is 8.16. The van der Waals surface area contributed by atoms with E-state index < -0.39 is 5.97 Å². The lowest BCUT2D eigenvalue weighted by Gasteiger charge is -2.12. The Hall–Kier alpha value is -2.56. The fourth-order valence-corrected chi connectivity index (χ4v) is 2.43. The summed E-state index contributed by atoms with van der Waals surface area (Å²) in [5, 5.41) is 11.8. The minimum atomic E-state index is -0.752. The predicted molar refractivity (Wildman–Crippen MR) is 94.7 cm³/mol. The zero-order valence-corrected chi connectivity index (χ0v) is 14.2. The molecule has 0 bridgehead atoms. The third-order valence-corrected chi connectivity index (χ3v) is 3.93. The van der Waals surface area contributed by atoms with Gasteiger partial charge in [-0.2, -0.15) is 0 Å². The Bertz CT molecular complexity index is 656. The maximum Gasteiger partial charge on any atom is 0.303 e. The highest BCUT2D eigenvalue weighted by Crippen LogP contribution is 2.23. The fraction of sp³-hybridized carbons (Fsp3) is 0.368. The summed E-state index contributed by atoms with van der Waals surface area (Å²) in [5.74, 6) is 1.14. The van der Waals surface area contributed by atoms with Crippen LogP contribution in [-0.4, -0.2) is 29.7 Å². The number of ether oxygens (including phenoxy) is 1. The van der Waals surface area contributed by atoms with Gasteiger partial charge in [0.2, 0.25) is 0 Å². The maximum atomic E-state index is 10.6. The number of aromatic nitrogens is 1. The van der Waals surface area contributed by atoms with Gasteiger partial charge in [-0.25, -0.2) is 4.98 Å². The molecule has 5 nitrogen and oxygen atoms in total. The van der Waals surface area contributed by atoms with E-state index in [-0.39, 0.29) is 12.3 Å². The minimum absolute atomic E-state index is 0.193. The third-order valence-electron chi connectivity index (χ3n) is 3.93. The van der Waals surface area contributed by atoms with Crippen molar-refractivity contribution < 1.29 is 14.6 Å². The van der Waals surface area contributed by atoms with E-state index in [1.54, 1.807) is 0 Å². The molecule has 0 saturated carbocycles. The maximum absolute atomic E-state index is 10.6. The van der Waals surface area contributed by atoms with Crippen LogP contribution in [0.1, 0.15) is 36.9 Å². The largest absolute Gasteiger partial charge is 0.493 e. The van der Waals surface area contributed by atoms with Crippen LogP contribution in [0.15, 0.2) is 42.5 Å². The van der Waals surface area contributed by atoms with Crippen molar-refractivity contribution in [2.75, 3.05) is 19.0 Å². The van der Waals surface area contributed by atoms with Crippen LogP contribution in [0.3, 0.4) is 0 Å². The Balaban J connectivity index is 1.82. The number of nitrogens with one attached hydrogen (secondary N) is 1. The highest BCUT2D eigenvalue weighted by atomic mass is 16.5. The Kier molecular flexibility index (Phi) is 6.61. The van der Waals surface area contributed by atoms with Crippen LogP contribution in [-0.2, 0) is 11.2 Å². The second kappa shape index (κ2) is 8.91. The first-order valence-corrected chi connectivity index (χ1v) is 8.16. The molecule has 1 unspecified atom stereocenters.